The average molecular weight is 370 g/mol. The maximum atomic E-state index is 10.3. The molecule has 1 N–H and O–H groups in total. The molecule has 0 saturated carbocycles. The largest absolute Gasteiger partial charge is 0.503 e. The molecule has 0 fully saturated rings. The van der Waals surface area contributed by atoms with Crippen LogP contribution in [0.2, 0.25) is 0 Å². The van der Waals surface area contributed by atoms with E-state index in [4.69, 9.17) is 13.9 Å². The van der Waals surface area contributed by atoms with Crippen molar-refractivity contribution in [3.05, 3.63) is 22.9 Å². The molecule has 0 spiro atoms. The van der Waals surface area contributed by atoms with Crippen LogP contribution in [0.4, 0.5) is 5.88 Å². The average Bonchev–Trinajstić information content (AvgIpc) is 2.76. The summed E-state index contributed by atoms with van der Waals surface area (Å²) in [6, 6.07) is 5.55. The van der Waals surface area contributed by atoms with Gasteiger partial charge in [-0.2, -0.15) is 0 Å². The second-order valence-electron chi connectivity index (χ2n) is 4.86. The van der Waals surface area contributed by atoms with Crippen LogP contribution in [0.3, 0.4) is 0 Å². The van der Waals surface area contributed by atoms with E-state index in [1.54, 1.807) is 4.90 Å². The van der Waals surface area contributed by atoms with Gasteiger partial charge in [-0.1, -0.05) is 0 Å². The van der Waals surface area contributed by atoms with Crippen LogP contribution in [0, 0.1) is 0 Å². The number of benzene rings is 1. The number of anilines is 1. The smallest absolute Gasteiger partial charge is 0.214 e. The molecule has 0 aliphatic carbocycles. The first-order valence-electron chi connectivity index (χ1n) is 7.07. The quantitative estimate of drug-likeness (QED) is 0.823. The predicted octanol–water partition coefficient (Wildman–Crippen LogP) is 4.28. The van der Waals surface area contributed by atoms with Gasteiger partial charge in [-0.15, -0.1) is 0 Å². The Morgan fingerprint density at radius 3 is 2.09 bits per heavy atom. The predicted molar refractivity (Wildman–Crippen MR) is 90.2 cm³/mol. The van der Waals surface area contributed by atoms with Crippen molar-refractivity contribution in [1.29, 1.82) is 0 Å². The number of aromatic hydroxyl groups is 1. The molecule has 5 nitrogen and oxygen atoms in total. The Balaban J connectivity index is 2.60. The Hall–Kier alpha value is -1.82. The standard InChI is InChI=1S/C16H20BrNO4/c1-5-20-11-7-10(8-12(9-11)21-6-2)13-14(19)15(17)22-16(13)18(3)4/h7-9,19H,5-6H2,1-4H3. The molecule has 2 rings (SSSR count). The number of rotatable bonds is 6. The number of nitrogens with zero attached hydrogens (tertiary/aromatic N) is 1. The minimum absolute atomic E-state index is 0.0554. The summed E-state index contributed by atoms with van der Waals surface area (Å²) in [5.41, 5.74) is 1.37. The summed E-state index contributed by atoms with van der Waals surface area (Å²) in [6.07, 6.45) is 0. The number of hydrogen-bond acceptors (Lipinski definition) is 5. The van der Waals surface area contributed by atoms with Crippen LogP contribution in [0.5, 0.6) is 17.2 Å². The van der Waals surface area contributed by atoms with Gasteiger partial charge in [0.25, 0.3) is 0 Å². The highest BCUT2D eigenvalue weighted by molar-refractivity contribution is 9.10. The van der Waals surface area contributed by atoms with E-state index < -0.39 is 0 Å². The summed E-state index contributed by atoms with van der Waals surface area (Å²) in [7, 11) is 3.70. The van der Waals surface area contributed by atoms with Gasteiger partial charge in [0.1, 0.15) is 11.5 Å². The molecule has 0 radical (unpaired) electrons. The van der Waals surface area contributed by atoms with Crippen LogP contribution in [-0.4, -0.2) is 32.4 Å². The SMILES string of the molecule is CCOc1cc(OCC)cc(-c2c(N(C)C)oc(Br)c2O)c1. The highest BCUT2D eigenvalue weighted by Crippen LogP contribution is 2.46. The van der Waals surface area contributed by atoms with Gasteiger partial charge in [-0.25, -0.2) is 0 Å². The normalized spacial score (nSPS) is 10.6. The van der Waals surface area contributed by atoms with Crippen molar-refractivity contribution >= 4 is 21.8 Å². The molecule has 22 heavy (non-hydrogen) atoms. The molecule has 0 saturated heterocycles. The van der Waals surface area contributed by atoms with Crippen molar-refractivity contribution in [2.45, 2.75) is 13.8 Å². The summed E-state index contributed by atoms with van der Waals surface area (Å²) in [4.78, 5) is 1.80. The third-order valence-electron chi connectivity index (χ3n) is 3.02. The number of ether oxygens (including phenoxy) is 2. The minimum atomic E-state index is 0.0554. The van der Waals surface area contributed by atoms with Crippen LogP contribution in [-0.2, 0) is 0 Å². The molecule has 1 aromatic carbocycles. The van der Waals surface area contributed by atoms with E-state index >= 15 is 0 Å². The molecule has 2 aromatic rings. The molecule has 0 atom stereocenters. The fourth-order valence-electron chi connectivity index (χ4n) is 2.17. The van der Waals surface area contributed by atoms with Crippen molar-refractivity contribution in [1.82, 2.24) is 0 Å². The van der Waals surface area contributed by atoms with Gasteiger partial charge in [0.15, 0.2) is 5.75 Å². The first-order chi connectivity index (χ1) is 10.5. The van der Waals surface area contributed by atoms with E-state index in [-0.39, 0.29) is 5.75 Å². The third-order valence-corrected chi connectivity index (χ3v) is 3.56. The highest BCUT2D eigenvalue weighted by atomic mass is 79.9. The van der Waals surface area contributed by atoms with Gasteiger partial charge in [-0.05, 0) is 47.5 Å². The van der Waals surface area contributed by atoms with Gasteiger partial charge in [-0.3, -0.25) is 0 Å². The fraction of sp³-hybridized carbons (Fsp3) is 0.375. The van der Waals surface area contributed by atoms with Crippen LogP contribution in [0.25, 0.3) is 11.1 Å². The van der Waals surface area contributed by atoms with Crippen LogP contribution in [0.15, 0.2) is 27.3 Å². The van der Waals surface area contributed by atoms with Crippen molar-refractivity contribution in [2.24, 2.45) is 0 Å². The number of furan rings is 1. The van der Waals surface area contributed by atoms with Gasteiger partial charge in [0.2, 0.25) is 10.6 Å². The van der Waals surface area contributed by atoms with E-state index in [1.807, 2.05) is 46.1 Å². The Morgan fingerprint density at radius 2 is 1.64 bits per heavy atom. The summed E-state index contributed by atoms with van der Waals surface area (Å²) < 4.78 is 17.0. The maximum Gasteiger partial charge on any atom is 0.214 e. The van der Waals surface area contributed by atoms with E-state index in [0.29, 0.717) is 40.8 Å². The van der Waals surface area contributed by atoms with Crippen LogP contribution < -0.4 is 14.4 Å². The molecule has 1 heterocycles. The van der Waals surface area contributed by atoms with Gasteiger partial charge in [0, 0.05) is 20.2 Å². The van der Waals surface area contributed by atoms with E-state index in [0.717, 1.165) is 5.56 Å². The third kappa shape index (κ3) is 3.32. The Morgan fingerprint density at radius 1 is 1.09 bits per heavy atom. The summed E-state index contributed by atoms with van der Waals surface area (Å²) in [5.74, 6) is 1.98. The lowest BCUT2D eigenvalue weighted by Crippen LogP contribution is -2.08. The van der Waals surface area contributed by atoms with Crippen LogP contribution >= 0.6 is 15.9 Å². The molecule has 0 unspecified atom stereocenters. The lowest BCUT2D eigenvalue weighted by Gasteiger charge is -2.14. The first kappa shape index (κ1) is 16.5. The Bertz CT molecular complexity index is 628. The fourth-order valence-corrected chi connectivity index (χ4v) is 2.53. The molecule has 0 aliphatic rings. The zero-order valence-electron chi connectivity index (χ0n) is 13.1. The van der Waals surface area contributed by atoms with Gasteiger partial charge >= 0.3 is 0 Å². The van der Waals surface area contributed by atoms with E-state index in [1.165, 1.54) is 0 Å². The monoisotopic (exact) mass is 369 g/mol. The molecule has 0 aliphatic heterocycles. The van der Waals surface area contributed by atoms with Crippen molar-refractivity contribution in [3.63, 3.8) is 0 Å². The molecule has 120 valence electrons. The zero-order valence-corrected chi connectivity index (χ0v) is 14.7. The lowest BCUT2D eigenvalue weighted by atomic mass is 10.1. The maximum absolute atomic E-state index is 10.3. The number of hydrogen-bond donors (Lipinski definition) is 1. The van der Waals surface area contributed by atoms with Crippen LogP contribution in [0.1, 0.15) is 13.8 Å². The number of halogens is 1. The zero-order chi connectivity index (χ0) is 16.3. The Labute approximate surface area is 138 Å². The van der Waals surface area contributed by atoms with Crippen molar-refractivity contribution in [2.75, 3.05) is 32.2 Å². The summed E-state index contributed by atoms with van der Waals surface area (Å²) in [6.45, 7) is 4.95. The summed E-state index contributed by atoms with van der Waals surface area (Å²) >= 11 is 3.23. The topological polar surface area (TPSA) is 55.1 Å². The highest BCUT2D eigenvalue weighted by Gasteiger charge is 2.22. The van der Waals surface area contributed by atoms with Gasteiger partial charge in [0.05, 0.1) is 18.8 Å². The minimum Gasteiger partial charge on any atom is -0.503 e. The molecular weight excluding hydrogens is 350 g/mol. The van der Waals surface area contributed by atoms with Crippen molar-refractivity contribution < 1.29 is 19.0 Å². The molecule has 0 amide bonds. The molecular formula is C16H20BrNO4. The molecule has 0 bridgehead atoms. The van der Waals surface area contributed by atoms with E-state index in [9.17, 15) is 5.11 Å². The van der Waals surface area contributed by atoms with Gasteiger partial charge < -0.3 is 23.9 Å². The second kappa shape index (κ2) is 6.96. The molecule has 6 heteroatoms. The van der Waals surface area contributed by atoms with Crippen molar-refractivity contribution in [3.8, 4) is 28.4 Å². The summed E-state index contributed by atoms with van der Waals surface area (Å²) in [5, 5.41) is 10.3. The Kier molecular flexibility index (Phi) is 5.24. The lowest BCUT2D eigenvalue weighted by molar-refractivity contribution is 0.323. The van der Waals surface area contributed by atoms with E-state index in [2.05, 4.69) is 15.9 Å². The molecule has 1 aromatic heterocycles. The second-order valence-corrected chi connectivity index (χ2v) is 5.58. The first-order valence-corrected chi connectivity index (χ1v) is 7.86.